The highest BCUT2D eigenvalue weighted by Crippen LogP contribution is 2.31. The Balaban J connectivity index is 1.95. The van der Waals surface area contributed by atoms with E-state index in [4.69, 9.17) is 10.2 Å². The van der Waals surface area contributed by atoms with Crippen molar-refractivity contribution in [3.63, 3.8) is 0 Å². The number of aliphatic carboxylic acids is 1. The third kappa shape index (κ3) is 3.14. The predicted molar refractivity (Wildman–Crippen MR) is 70.5 cm³/mol. The molecular weight excluding hydrogens is 262 g/mol. The van der Waals surface area contributed by atoms with Crippen LogP contribution in [0.1, 0.15) is 29.6 Å². The molecule has 0 aliphatic heterocycles. The van der Waals surface area contributed by atoms with Crippen molar-refractivity contribution in [1.29, 1.82) is 0 Å². The maximum atomic E-state index is 12.0. The third-order valence-corrected chi connectivity index (χ3v) is 3.55. The number of carbonyl (C=O) groups excluding carboxylic acids is 1. The summed E-state index contributed by atoms with van der Waals surface area (Å²) in [6, 6.07) is 5.86. The average molecular weight is 277 g/mol. The molecular formula is C14H15NO5. The zero-order chi connectivity index (χ0) is 14.7. The van der Waals surface area contributed by atoms with E-state index in [1.807, 2.05) is 0 Å². The largest absolute Gasteiger partial charge is 0.481 e. The van der Waals surface area contributed by atoms with Crippen molar-refractivity contribution in [3.8, 4) is 0 Å². The van der Waals surface area contributed by atoms with Crippen molar-refractivity contribution in [2.24, 2.45) is 11.8 Å². The van der Waals surface area contributed by atoms with E-state index in [0.29, 0.717) is 24.9 Å². The zero-order valence-corrected chi connectivity index (χ0v) is 10.7. The fourth-order valence-electron chi connectivity index (χ4n) is 2.38. The van der Waals surface area contributed by atoms with Gasteiger partial charge < -0.3 is 15.5 Å². The van der Waals surface area contributed by atoms with Gasteiger partial charge >= 0.3 is 11.9 Å². The number of benzene rings is 1. The average Bonchev–Trinajstić information content (AvgIpc) is 2.89. The van der Waals surface area contributed by atoms with E-state index in [0.717, 1.165) is 0 Å². The lowest BCUT2D eigenvalue weighted by molar-refractivity contribution is -0.141. The number of carboxylic acid groups (broad SMARTS) is 2. The van der Waals surface area contributed by atoms with Gasteiger partial charge in [0.2, 0.25) is 5.91 Å². The SMILES string of the molecule is O=C(O)c1ccc(NC(=O)[C@@H]2CC[C@H](C(=O)O)C2)cc1. The summed E-state index contributed by atoms with van der Waals surface area (Å²) in [7, 11) is 0. The molecule has 1 aromatic carbocycles. The Morgan fingerprint density at radius 1 is 1.00 bits per heavy atom. The maximum Gasteiger partial charge on any atom is 0.335 e. The molecule has 1 saturated carbocycles. The fraction of sp³-hybridized carbons (Fsp3) is 0.357. The summed E-state index contributed by atoms with van der Waals surface area (Å²) in [5.74, 6) is -2.83. The first-order valence-corrected chi connectivity index (χ1v) is 6.34. The number of hydrogen-bond acceptors (Lipinski definition) is 3. The van der Waals surface area contributed by atoms with Crippen LogP contribution in [0, 0.1) is 11.8 Å². The number of rotatable bonds is 4. The minimum atomic E-state index is -1.03. The molecule has 0 spiro atoms. The molecule has 1 aliphatic rings. The second kappa shape index (κ2) is 5.73. The Kier molecular flexibility index (Phi) is 4.02. The predicted octanol–water partition coefficient (Wildman–Crippen LogP) is 1.82. The van der Waals surface area contributed by atoms with E-state index in [1.165, 1.54) is 24.3 Å². The van der Waals surface area contributed by atoms with Gasteiger partial charge in [0, 0.05) is 11.6 Å². The number of nitrogens with one attached hydrogen (secondary N) is 1. The molecule has 6 heteroatoms. The molecule has 1 fully saturated rings. The van der Waals surface area contributed by atoms with Crippen LogP contribution < -0.4 is 5.32 Å². The van der Waals surface area contributed by atoms with Crippen LogP contribution in [0.3, 0.4) is 0 Å². The topological polar surface area (TPSA) is 104 Å². The number of hydrogen-bond donors (Lipinski definition) is 3. The van der Waals surface area contributed by atoms with Gasteiger partial charge in [-0.2, -0.15) is 0 Å². The Morgan fingerprint density at radius 2 is 1.60 bits per heavy atom. The van der Waals surface area contributed by atoms with Gasteiger partial charge in [-0.25, -0.2) is 4.79 Å². The summed E-state index contributed by atoms with van der Waals surface area (Å²) in [5, 5.41) is 20.4. The Hall–Kier alpha value is -2.37. The van der Waals surface area contributed by atoms with Gasteiger partial charge in [0.25, 0.3) is 0 Å². The number of amides is 1. The quantitative estimate of drug-likeness (QED) is 0.778. The van der Waals surface area contributed by atoms with Crippen molar-refractivity contribution >= 4 is 23.5 Å². The van der Waals surface area contributed by atoms with Gasteiger partial charge in [-0.3, -0.25) is 9.59 Å². The standard InChI is InChI=1S/C14H15NO5/c16-12(9-1-2-10(7-9)14(19)20)15-11-5-3-8(4-6-11)13(17)18/h3-6,9-10H,1-2,7H2,(H,15,16)(H,17,18)(H,19,20)/t9-,10+/m1/s1. The smallest absolute Gasteiger partial charge is 0.335 e. The first-order chi connectivity index (χ1) is 9.47. The summed E-state index contributed by atoms with van der Waals surface area (Å²) in [4.78, 5) is 33.5. The normalized spacial score (nSPS) is 21.4. The summed E-state index contributed by atoms with van der Waals surface area (Å²) in [6.07, 6.45) is 1.44. The number of aromatic carboxylic acids is 1. The van der Waals surface area contributed by atoms with Gasteiger partial charge in [-0.15, -0.1) is 0 Å². The second-order valence-corrected chi connectivity index (χ2v) is 4.92. The molecule has 6 nitrogen and oxygen atoms in total. The lowest BCUT2D eigenvalue weighted by Crippen LogP contribution is -2.21. The monoisotopic (exact) mass is 277 g/mol. The fourth-order valence-corrected chi connectivity index (χ4v) is 2.38. The summed E-state index contributed by atoms with van der Waals surface area (Å²) < 4.78 is 0. The summed E-state index contributed by atoms with van der Waals surface area (Å²) in [5.41, 5.74) is 0.661. The van der Waals surface area contributed by atoms with Crippen LogP contribution in [0.4, 0.5) is 5.69 Å². The summed E-state index contributed by atoms with van der Waals surface area (Å²) in [6.45, 7) is 0. The lowest BCUT2D eigenvalue weighted by atomic mass is 10.0. The Morgan fingerprint density at radius 3 is 2.10 bits per heavy atom. The van der Waals surface area contributed by atoms with Gasteiger partial charge in [0.05, 0.1) is 11.5 Å². The van der Waals surface area contributed by atoms with E-state index in [1.54, 1.807) is 0 Å². The molecule has 1 aromatic rings. The molecule has 106 valence electrons. The highest BCUT2D eigenvalue weighted by molar-refractivity contribution is 5.94. The van der Waals surface area contributed by atoms with Crippen molar-refractivity contribution in [2.75, 3.05) is 5.32 Å². The minimum Gasteiger partial charge on any atom is -0.481 e. The molecule has 0 unspecified atom stereocenters. The van der Waals surface area contributed by atoms with Gasteiger partial charge in [-0.1, -0.05) is 0 Å². The number of anilines is 1. The molecule has 1 amide bonds. The molecule has 0 saturated heterocycles. The molecule has 0 aromatic heterocycles. The van der Waals surface area contributed by atoms with E-state index < -0.39 is 17.9 Å². The van der Waals surface area contributed by atoms with Gasteiger partial charge in [0.15, 0.2) is 0 Å². The van der Waals surface area contributed by atoms with Crippen LogP contribution in [0.25, 0.3) is 0 Å². The third-order valence-electron chi connectivity index (χ3n) is 3.55. The van der Waals surface area contributed by atoms with Gasteiger partial charge in [-0.05, 0) is 43.5 Å². The first-order valence-electron chi connectivity index (χ1n) is 6.34. The van der Waals surface area contributed by atoms with Crippen molar-refractivity contribution in [2.45, 2.75) is 19.3 Å². The van der Waals surface area contributed by atoms with Crippen molar-refractivity contribution in [3.05, 3.63) is 29.8 Å². The maximum absolute atomic E-state index is 12.0. The molecule has 0 heterocycles. The van der Waals surface area contributed by atoms with Gasteiger partial charge in [0.1, 0.15) is 0 Å². The van der Waals surface area contributed by atoms with Crippen LogP contribution in [0.2, 0.25) is 0 Å². The van der Waals surface area contributed by atoms with Crippen LogP contribution in [-0.2, 0) is 9.59 Å². The Bertz CT molecular complexity index is 537. The minimum absolute atomic E-state index is 0.148. The Labute approximate surface area is 115 Å². The summed E-state index contributed by atoms with van der Waals surface area (Å²) >= 11 is 0. The van der Waals surface area contributed by atoms with E-state index in [-0.39, 0.29) is 17.4 Å². The van der Waals surface area contributed by atoms with Crippen LogP contribution in [0.5, 0.6) is 0 Å². The molecule has 0 bridgehead atoms. The van der Waals surface area contributed by atoms with Crippen LogP contribution in [0.15, 0.2) is 24.3 Å². The van der Waals surface area contributed by atoms with Crippen LogP contribution in [-0.4, -0.2) is 28.1 Å². The van der Waals surface area contributed by atoms with Crippen LogP contribution >= 0.6 is 0 Å². The molecule has 1 aliphatic carbocycles. The van der Waals surface area contributed by atoms with E-state index in [2.05, 4.69) is 5.32 Å². The second-order valence-electron chi connectivity index (χ2n) is 4.92. The molecule has 0 radical (unpaired) electrons. The first kappa shape index (κ1) is 14.0. The van der Waals surface area contributed by atoms with E-state index in [9.17, 15) is 14.4 Å². The molecule has 3 N–H and O–H groups in total. The highest BCUT2D eigenvalue weighted by atomic mass is 16.4. The number of carbonyl (C=O) groups is 3. The number of carboxylic acids is 2. The highest BCUT2D eigenvalue weighted by Gasteiger charge is 2.33. The zero-order valence-electron chi connectivity index (χ0n) is 10.7. The molecule has 2 rings (SSSR count). The van der Waals surface area contributed by atoms with Crippen molar-refractivity contribution < 1.29 is 24.6 Å². The molecule has 20 heavy (non-hydrogen) atoms. The lowest BCUT2D eigenvalue weighted by Gasteiger charge is -2.10. The molecule has 2 atom stereocenters. The van der Waals surface area contributed by atoms with E-state index >= 15 is 0 Å². The van der Waals surface area contributed by atoms with Crippen molar-refractivity contribution in [1.82, 2.24) is 0 Å².